The molecule has 0 spiro atoms. The Kier molecular flexibility index (Phi) is 3.52. The van der Waals surface area contributed by atoms with E-state index in [1.807, 2.05) is 0 Å². The highest BCUT2D eigenvalue weighted by molar-refractivity contribution is 6.01. The number of benzene rings is 1. The zero-order valence-corrected chi connectivity index (χ0v) is 10.0. The summed E-state index contributed by atoms with van der Waals surface area (Å²) in [6.45, 7) is -1.63. The quantitative estimate of drug-likeness (QED) is 0.574. The molecular formula is C12H14N2O5. The van der Waals surface area contributed by atoms with E-state index in [4.69, 9.17) is 0 Å². The fourth-order valence-corrected chi connectivity index (χ4v) is 1.98. The van der Waals surface area contributed by atoms with E-state index in [0.717, 1.165) is 0 Å². The average Bonchev–Trinajstić information content (AvgIpc) is 2.86. The predicted octanol–water partition coefficient (Wildman–Crippen LogP) is -0.593. The minimum Gasteiger partial charge on any atom is -0.478 e. The van der Waals surface area contributed by atoms with Gasteiger partial charge in [-0.1, -0.05) is 6.07 Å². The normalized spacial score (nSPS) is 11.9. The first-order chi connectivity index (χ1) is 9.09. The van der Waals surface area contributed by atoms with Gasteiger partial charge in [0.15, 0.2) is 0 Å². The van der Waals surface area contributed by atoms with Crippen molar-refractivity contribution in [3.63, 3.8) is 0 Å². The number of nitrogens with zero attached hydrogens (tertiary/aromatic N) is 2. The Bertz CT molecular complexity index is 595. The van der Waals surface area contributed by atoms with Gasteiger partial charge in [0.2, 0.25) is 0 Å². The van der Waals surface area contributed by atoms with E-state index in [1.54, 1.807) is 12.1 Å². The molecule has 1 aromatic carbocycles. The number of aromatic nitrogens is 2. The summed E-state index contributed by atoms with van der Waals surface area (Å²) in [6, 6.07) is 4.58. The van der Waals surface area contributed by atoms with Crippen LogP contribution in [0, 0.1) is 0 Å². The highest BCUT2D eigenvalue weighted by Gasteiger charge is 2.32. The lowest BCUT2D eigenvalue weighted by Gasteiger charge is -2.30. The largest absolute Gasteiger partial charge is 0.478 e. The Labute approximate surface area is 108 Å². The summed E-state index contributed by atoms with van der Waals surface area (Å²) in [6.07, 6.45) is 1.31. The molecule has 4 N–H and O–H groups in total. The number of hydrogen-bond donors (Lipinski definition) is 4. The fraction of sp³-hybridized carbons (Fsp3) is 0.333. The lowest BCUT2D eigenvalue weighted by molar-refractivity contribution is 0.0177. The molecule has 2 rings (SSSR count). The molecular weight excluding hydrogens is 252 g/mol. The topological polar surface area (TPSA) is 116 Å². The van der Waals surface area contributed by atoms with E-state index in [9.17, 15) is 25.2 Å². The summed E-state index contributed by atoms with van der Waals surface area (Å²) >= 11 is 0. The monoisotopic (exact) mass is 266 g/mol. The standard InChI is InChI=1S/C12H14N2O5/c15-4-12(5-16,6-17)14-7-13-9-3-1-2-8(10(9)14)11(18)19/h1-3,7,15-17H,4-6H2,(H,18,19). The summed E-state index contributed by atoms with van der Waals surface area (Å²) < 4.78 is 1.31. The number of aliphatic hydroxyl groups excluding tert-OH is 3. The molecule has 1 aromatic heterocycles. The van der Waals surface area contributed by atoms with Gasteiger partial charge in [0.05, 0.1) is 42.7 Å². The molecule has 0 aliphatic rings. The van der Waals surface area contributed by atoms with E-state index in [0.29, 0.717) is 5.52 Å². The highest BCUT2D eigenvalue weighted by atomic mass is 16.4. The van der Waals surface area contributed by atoms with Crippen molar-refractivity contribution in [2.45, 2.75) is 5.54 Å². The number of para-hydroxylation sites is 1. The van der Waals surface area contributed by atoms with Crippen LogP contribution in [0.4, 0.5) is 0 Å². The number of hydrogen-bond acceptors (Lipinski definition) is 5. The second-order valence-corrected chi connectivity index (χ2v) is 4.29. The lowest BCUT2D eigenvalue weighted by Crippen LogP contribution is -2.44. The number of aliphatic hydroxyl groups is 3. The maximum Gasteiger partial charge on any atom is 0.337 e. The number of carboxylic acids is 1. The molecule has 0 aliphatic carbocycles. The van der Waals surface area contributed by atoms with Crippen molar-refractivity contribution >= 4 is 17.0 Å². The predicted molar refractivity (Wildman–Crippen MR) is 65.9 cm³/mol. The van der Waals surface area contributed by atoms with Crippen molar-refractivity contribution in [3.8, 4) is 0 Å². The molecule has 102 valence electrons. The average molecular weight is 266 g/mol. The number of rotatable bonds is 5. The van der Waals surface area contributed by atoms with Gasteiger partial charge in [-0.25, -0.2) is 9.78 Å². The van der Waals surface area contributed by atoms with E-state index < -0.39 is 31.3 Å². The number of imidazole rings is 1. The van der Waals surface area contributed by atoms with Crippen LogP contribution < -0.4 is 0 Å². The van der Waals surface area contributed by atoms with Crippen LogP contribution in [0.2, 0.25) is 0 Å². The molecule has 1 heterocycles. The van der Waals surface area contributed by atoms with E-state index in [-0.39, 0.29) is 11.1 Å². The molecule has 0 amide bonds. The third-order valence-corrected chi connectivity index (χ3v) is 3.19. The van der Waals surface area contributed by atoms with Gasteiger partial charge in [0, 0.05) is 0 Å². The molecule has 0 saturated heterocycles. The van der Waals surface area contributed by atoms with Gasteiger partial charge < -0.3 is 25.0 Å². The first-order valence-electron chi connectivity index (χ1n) is 5.62. The smallest absolute Gasteiger partial charge is 0.337 e. The van der Waals surface area contributed by atoms with Crippen molar-refractivity contribution in [3.05, 3.63) is 30.1 Å². The van der Waals surface area contributed by atoms with Gasteiger partial charge in [-0.3, -0.25) is 0 Å². The third-order valence-electron chi connectivity index (χ3n) is 3.19. The Morgan fingerprint density at radius 2 is 1.84 bits per heavy atom. The maximum absolute atomic E-state index is 11.2. The molecule has 2 aromatic rings. The molecule has 0 bridgehead atoms. The van der Waals surface area contributed by atoms with E-state index in [1.165, 1.54) is 17.0 Å². The first-order valence-corrected chi connectivity index (χ1v) is 5.62. The molecule has 0 atom stereocenters. The SMILES string of the molecule is O=C(O)c1cccc2ncn(C(CO)(CO)CO)c12. The van der Waals surface area contributed by atoms with Crippen LogP contribution in [0.5, 0.6) is 0 Å². The van der Waals surface area contributed by atoms with Crippen LogP contribution in [0.1, 0.15) is 10.4 Å². The second kappa shape index (κ2) is 4.96. The van der Waals surface area contributed by atoms with Crippen molar-refractivity contribution in [1.29, 1.82) is 0 Å². The minimum atomic E-state index is -1.39. The van der Waals surface area contributed by atoms with Crippen LogP contribution in [-0.2, 0) is 5.54 Å². The molecule has 0 saturated carbocycles. The van der Waals surface area contributed by atoms with Gasteiger partial charge in [0.25, 0.3) is 0 Å². The molecule has 19 heavy (non-hydrogen) atoms. The summed E-state index contributed by atoms with van der Waals surface area (Å²) in [5.74, 6) is -1.14. The third kappa shape index (κ3) is 1.97. The van der Waals surface area contributed by atoms with Gasteiger partial charge in [0.1, 0.15) is 5.54 Å². The van der Waals surface area contributed by atoms with E-state index in [2.05, 4.69) is 4.98 Å². The maximum atomic E-state index is 11.2. The number of carboxylic acid groups (broad SMARTS) is 1. The summed E-state index contributed by atoms with van der Waals surface area (Å²) in [7, 11) is 0. The van der Waals surface area contributed by atoms with Crippen LogP contribution in [0.15, 0.2) is 24.5 Å². The van der Waals surface area contributed by atoms with Gasteiger partial charge in [-0.2, -0.15) is 0 Å². The molecule has 0 unspecified atom stereocenters. The molecule has 0 radical (unpaired) electrons. The highest BCUT2D eigenvalue weighted by Crippen LogP contribution is 2.25. The van der Waals surface area contributed by atoms with Crippen LogP contribution in [0.25, 0.3) is 11.0 Å². The van der Waals surface area contributed by atoms with Gasteiger partial charge in [-0.15, -0.1) is 0 Å². The van der Waals surface area contributed by atoms with Crippen molar-refractivity contribution in [2.24, 2.45) is 0 Å². The zero-order valence-electron chi connectivity index (χ0n) is 10.0. The van der Waals surface area contributed by atoms with Gasteiger partial charge in [-0.05, 0) is 12.1 Å². The molecule has 0 aliphatic heterocycles. The Morgan fingerprint density at radius 3 is 2.37 bits per heavy atom. The molecule has 7 nitrogen and oxygen atoms in total. The Balaban J connectivity index is 2.77. The second-order valence-electron chi connectivity index (χ2n) is 4.29. The molecule has 7 heteroatoms. The van der Waals surface area contributed by atoms with Crippen molar-refractivity contribution in [1.82, 2.24) is 9.55 Å². The van der Waals surface area contributed by atoms with E-state index >= 15 is 0 Å². The number of fused-ring (bicyclic) bond motifs is 1. The summed E-state index contributed by atoms with van der Waals surface area (Å²) in [5, 5.41) is 37.4. The van der Waals surface area contributed by atoms with Crippen LogP contribution >= 0.6 is 0 Å². The van der Waals surface area contributed by atoms with Crippen molar-refractivity contribution in [2.75, 3.05) is 19.8 Å². The Morgan fingerprint density at radius 1 is 1.21 bits per heavy atom. The molecule has 0 fully saturated rings. The first kappa shape index (κ1) is 13.5. The van der Waals surface area contributed by atoms with Crippen molar-refractivity contribution < 1.29 is 25.2 Å². The van der Waals surface area contributed by atoms with Crippen LogP contribution in [-0.4, -0.2) is 55.8 Å². The zero-order chi connectivity index (χ0) is 14.0. The van der Waals surface area contributed by atoms with Gasteiger partial charge >= 0.3 is 5.97 Å². The van der Waals surface area contributed by atoms with Crippen LogP contribution in [0.3, 0.4) is 0 Å². The summed E-state index contributed by atoms with van der Waals surface area (Å²) in [4.78, 5) is 15.3. The number of carbonyl (C=O) groups is 1. The minimum absolute atomic E-state index is 0.00488. The Hall–Kier alpha value is -1.96. The number of aromatic carboxylic acids is 1. The lowest BCUT2D eigenvalue weighted by atomic mass is 10.0. The fourth-order valence-electron chi connectivity index (χ4n) is 1.98. The summed E-state index contributed by atoms with van der Waals surface area (Å²) in [5.41, 5.74) is -0.721.